The summed E-state index contributed by atoms with van der Waals surface area (Å²) in [4.78, 5) is 17.0. The number of aromatic nitrogens is 1. The predicted octanol–water partition coefficient (Wildman–Crippen LogP) is 4.51. The van der Waals surface area contributed by atoms with Crippen molar-refractivity contribution < 1.29 is 13.2 Å². The van der Waals surface area contributed by atoms with Crippen molar-refractivity contribution in [2.45, 2.75) is 25.8 Å². The summed E-state index contributed by atoms with van der Waals surface area (Å²) in [6, 6.07) is 16.9. The van der Waals surface area contributed by atoms with Crippen LogP contribution in [-0.4, -0.2) is 31.6 Å². The van der Waals surface area contributed by atoms with Crippen molar-refractivity contribution in [1.29, 1.82) is 0 Å². The minimum absolute atomic E-state index is 0.307. The molecule has 1 atom stereocenters. The molecule has 0 radical (unpaired) electrons. The molecule has 1 unspecified atom stereocenters. The van der Waals surface area contributed by atoms with E-state index in [4.69, 9.17) is 11.6 Å². The Morgan fingerprint density at radius 3 is 2.13 bits per heavy atom. The highest BCUT2D eigenvalue weighted by Crippen LogP contribution is 2.25. The fraction of sp³-hybridized carbons (Fsp3) is 0.217. The topological polar surface area (TPSA) is 79.4 Å². The molecule has 8 heteroatoms. The molecule has 31 heavy (non-hydrogen) atoms. The highest BCUT2D eigenvalue weighted by molar-refractivity contribution is 7.92. The first-order valence-corrected chi connectivity index (χ1v) is 12.0. The van der Waals surface area contributed by atoms with Gasteiger partial charge in [0.1, 0.15) is 6.04 Å². The van der Waals surface area contributed by atoms with Crippen LogP contribution in [0.3, 0.4) is 0 Å². The van der Waals surface area contributed by atoms with Gasteiger partial charge in [-0.05, 0) is 72.5 Å². The second-order valence-electron chi connectivity index (χ2n) is 7.18. The van der Waals surface area contributed by atoms with Crippen LogP contribution >= 0.6 is 11.6 Å². The summed E-state index contributed by atoms with van der Waals surface area (Å²) in [5.74, 6) is -0.398. The molecule has 2 aromatic carbocycles. The van der Waals surface area contributed by atoms with Gasteiger partial charge in [0.05, 0.1) is 11.9 Å². The quantitative estimate of drug-likeness (QED) is 0.539. The summed E-state index contributed by atoms with van der Waals surface area (Å²) < 4.78 is 26.1. The largest absolute Gasteiger partial charge is 0.324 e. The van der Waals surface area contributed by atoms with Gasteiger partial charge >= 0.3 is 0 Å². The lowest BCUT2D eigenvalue weighted by Crippen LogP contribution is -2.46. The molecule has 0 bridgehead atoms. The number of anilines is 2. The van der Waals surface area contributed by atoms with E-state index in [1.807, 2.05) is 36.4 Å². The third-order valence-corrected chi connectivity index (χ3v) is 6.22. The first kappa shape index (κ1) is 22.8. The average molecular weight is 458 g/mol. The van der Waals surface area contributed by atoms with Gasteiger partial charge in [-0.15, -0.1) is 0 Å². The van der Waals surface area contributed by atoms with Crippen LogP contribution in [0, 0.1) is 0 Å². The van der Waals surface area contributed by atoms with Crippen molar-refractivity contribution in [3.05, 3.63) is 89.2 Å². The summed E-state index contributed by atoms with van der Waals surface area (Å²) in [7, 11) is -3.70. The molecule has 1 aromatic heterocycles. The van der Waals surface area contributed by atoms with E-state index in [2.05, 4.69) is 10.3 Å². The standard InChI is InChI=1S/C23H24ClN3O3S/c1-3-22(27(31(2,29)30)21-10-6-19(24)7-11-21)23(28)26-20-8-4-17(5-9-20)16-18-12-14-25-15-13-18/h4-15,22H,3,16H2,1-2H3,(H,26,28). The summed E-state index contributed by atoms with van der Waals surface area (Å²) in [6.45, 7) is 1.77. The second-order valence-corrected chi connectivity index (χ2v) is 9.47. The van der Waals surface area contributed by atoms with Crippen molar-refractivity contribution in [2.75, 3.05) is 15.9 Å². The van der Waals surface area contributed by atoms with Gasteiger partial charge in [0.15, 0.2) is 0 Å². The molecule has 0 aliphatic carbocycles. The maximum Gasteiger partial charge on any atom is 0.248 e. The molecule has 0 saturated heterocycles. The number of nitrogens with one attached hydrogen (secondary N) is 1. The van der Waals surface area contributed by atoms with Crippen LogP contribution < -0.4 is 9.62 Å². The van der Waals surface area contributed by atoms with Gasteiger partial charge in [-0.25, -0.2) is 8.42 Å². The zero-order valence-electron chi connectivity index (χ0n) is 17.3. The Balaban J connectivity index is 1.77. The molecular weight excluding hydrogens is 434 g/mol. The number of rotatable bonds is 8. The van der Waals surface area contributed by atoms with E-state index in [1.54, 1.807) is 43.6 Å². The maximum absolute atomic E-state index is 13.0. The number of hydrogen-bond acceptors (Lipinski definition) is 4. The molecule has 0 aliphatic heterocycles. The molecule has 0 aliphatic rings. The molecule has 1 N–H and O–H groups in total. The normalized spacial score (nSPS) is 12.2. The third kappa shape index (κ3) is 6.06. The minimum atomic E-state index is -3.70. The fourth-order valence-electron chi connectivity index (χ4n) is 3.32. The number of halogens is 1. The number of sulfonamides is 1. The average Bonchev–Trinajstić information content (AvgIpc) is 2.74. The molecule has 1 amide bonds. The second kappa shape index (κ2) is 9.94. The number of carbonyl (C=O) groups is 1. The molecule has 6 nitrogen and oxygen atoms in total. The van der Waals surface area contributed by atoms with E-state index in [0.29, 0.717) is 22.8 Å². The van der Waals surface area contributed by atoms with Crippen molar-refractivity contribution in [1.82, 2.24) is 4.98 Å². The Hall–Kier alpha value is -2.90. The zero-order valence-corrected chi connectivity index (χ0v) is 18.9. The first-order chi connectivity index (χ1) is 14.8. The van der Waals surface area contributed by atoms with Crippen LogP contribution in [0.1, 0.15) is 24.5 Å². The van der Waals surface area contributed by atoms with Crippen LogP contribution in [0.25, 0.3) is 0 Å². The number of amides is 1. The lowest BCUT2D eigenvalue weighted by atomic mass is 10.1. The third-order valence-electron chi connectivity index (χ3n) is 4.79. The molecule has 162 valence electrons. The lowest BCUT2D eigenvalue weighted by Gasteiger charge is -2.30. The van der Waals surface area contributed by atoms with E-state index in [0.717, 1.165) is 28.1 Å². The van der Waals surface area contributed by atoms with E-state index < -0.39 is 22.0 Å². The van der Waals surface area contributed by atoms with Gasteiger partial charge in [-0.1, -0.05) is 30.7 Å². The van der Waals surface area contributed by atoms with Crippen molar-refractivity contribution in [3.63, 3.8) is 0 Å². The van der Waals surface area contributed by atoms with E-state index >= 15 is 0 Å². The molecule has 0 fully saturated rings. The van der Waals surface area contributed by atoms with Gasteiger partial charge in [-0.3, -0.25) is 14.1 Å². The Morgan fingerprint density at radius 1 is 1.00 bits per heavy atom. The molecule has 0 spiro atoms. The molecule has 3 aromatic rings. The zero-order chi connectivity index (χ0) is 22.4. The smallest absolute Gasteiger partial charge is 0.248 e. The first-order valence-electron chi connectivity index (χ1n) is 9.81. The van der Waals surface area contributed by atoms with E-state index in [1.165, 1.54) is 0 Å². The summed E-state index contributed by atoms with van der Waals surface area (Å²) in [6.07, 6.45) is 5.66. The van der Waals surface area contributed by atoms with Crippen molar-refractivity contribution >= 4 is 38.9 Å². The Bertz CT molecular complexity index is 1120. The molecule has 3 rings (SSSR count). The van der Waals surface area contributed by atoms with Gasteiger partial charge in [0.25, 0.3) is 0 Å². The van der Waals surface area contributed by atoms with Crippen LogP contribution in [-0.2, 0) is 21.2 Å². The maximum atomic E-state index is 13.0. The summed E-state index contributed by atoms with van der Waals surface area (Å²) >= 11 is 5.93. The molecule has 1 heterocycles. The number of nitrogens with zero attached hydrogens (tertiary/aromatic N) is 2. The molecular formula is C23H24ClN3O3S. The Labute approximate surface area is 187 Å². The SMILES string of the molecule is CCC(C(=O)Nc1ccc(Cc2ccncc2)cc1)N(c1ccc(Cl)cc1)S(C)(=O)=O. The van der Waals surface area contributed by atoms with Gasteiger partial charge in [0, 0.05) is 23.1 Å². The monoisotopic (exact) mass is 457 g/mol. The van der Waals surface area contributed by atoms with E-state index in [-0.39, 0.29) is 0 Å². The van der Waals surface area contributed by atoms with Crippen LogP contribution in [0.15, 0.2) is 73.1 Å². The van der Waals surface area contributed by atoms with Gasteiger partial charge in [0.2, 0.25) is 15.9 Å². The van der Waals surface area contributed by atoms with Crippen LogP contribution in [0.2, 0.25) is 5.02 Å². The fourth-order valence-corrected chi connectivity index (χ4v) is 4.65. The number of pyridine rings is 1. The minimum Gasteiger partial charge on any atom is -0.324 e. The van der Waals surface area contributed by atoms with Gasteiger partial charge in [-0.2, -0.15) is 0 Å². The predicted molar refractivity (Wildman–Crippen MR) is 125 cm³/mol. The number of hydrogen-bond donors (Lipinski definition) is 1. The van der Waals surface area contributed by atoms with Gasteiger partial charge < -0.3 is 5.32 Å². The molecule has 0 saturated carbocycles. The number of benzene rings is 2. The van der Waals surface area contributed by atoms with Crippen LogP contribution in [0.4, 0.5) is 11.4 Å². The highest BCUT2D eigenvalue weighted by atomic mass is 35.5. The van der Waals surface area contributed by atoms with Crippen LogP contribution in [0.5, 0.6) is 0 Å². The summed E-state index contributed by atoms with van der Waals surface area (Å²) in [5.41, 5.74) is 3.23. The highest BCUT2D eigenvalue weighted by Gasteiger charge is 2.31. The van der Waals surface area contributed by atoms with E-state index in [9.17, 15) is 13.2 Å². The Kier molecular flexibility index (Phi) is 7.30. The Morgan fingerprint density at radius 2 is 1.58 bits per heavy atom. The summed E-state index contributed by atoms with van der Waals surface area (Å²) in [5, 5.41) is 3.32. The van der Waals surface area contributed by atoms with Crippen molar-refractivity contribution in [2.24, 2.45) is 0 Å². The van der Waals surface area contributed by atoms with Crippen molar-refractivity contribution in [3.8, 4) is 0 Å². The lowest BCUT2D eigenvalue weighted by molar-refractivity contribution is -0.117. The number of carbonyl (C=O) groups excluding carboxylic acids is 1.